The highest BCUT2D eigenvalue weighted by Crippen LogP contribution is 2.22. The summed E-state index contributed by atoms with van der Waals surface area (Å²) in [5, 5.41) is 0. The zero-order valence-electron chi connectivity index (χ0n) is 4.33. The van der Waals surface area contributed by atoms with Crippen LogP contribution in [0, 0.1) is 0 Å². The first-order valence-electron chi connectivity index (χ1n) is 2.26. The van der Waals surface area contributed by atoms with Crippen molar-refractivity contribution >= 4 is 19.3 Å². The molecule has 4 N–H and O–H groups in total. The van der Waals surface area contributed by atoms with E-state index in [2.05, 4.69) is 0 Å². The maximum Gasteiger partial charge on any atom is 0.0823 e. The van der Waals surface area contributed by atoms with Gasteiger partial charge in [0, 0.05) is 0 Å². The van der Waals surface area contributed by atoms with Crippen molar-refractivity contribution in [1.29, 1.82) is 0 Å². The first-order chi connectivity index (χ1) is 3.80. The van der Waals surface area contributed by atoms with Crippen molar-refractivity contribution in [2.75, 3.05) is 11.5 Å². The van der Waals surface area contributed by atoms with Gasteiger partial charge in [-0.25, -0.2) is 0 Å². The fraction of sp³-hybridized carbons (Fsp3) is 0. The van der Waals surface area contributed by atoms with E-state index in [-0.39, 0.29) is 0 Å². The Labute approximate surface area is 49.6 Å². The Balaban J connectivity index is 3.13. The normalized spacial score (nSPS) is 10.0. The third kappa shape index (κ3) is 0.903. The molecule has 0 aliphatic carbocycles. The first kappa shape index (κ1) is 5.39. The summed E-state index contributed by atoms with van der Waals surface area (Å²) >= 11 is 0. The predicted molar refractivity (Wildman–Crippen MR) is 37.8 cm³/mol. The fourth-order valence-corrected chi connectivity index (χ4v) is 0.986. The van der Waals surface area contributed by atoms with Crippen molar-refractivity contribution in [3.05, 3.63) is 17.9 Å². The van der Waals surface area contributed by atoms with Crippen LogP contribution in [0.2, 0.25) is 0 Å². The SMILES string of the molecule is Nc1cccpc1N. The molecule has 0 aromatic carbocycles. The van der Waals surface area contributed by atoms with E-state index in [1.807, 2.05) is 11.9 Å². The van der Waals surface area contributed by atoms with Gasteiger partial charge in [0.15, 0.2) is 0 Å². The van der Waals surface area contributed by atoms with E-state index in [1.54, 1.807) is 6.07 Å². The number of hydrogen-bond acceptors (Lipinski definition) is 2. The second-order valence-corrected chi connectivity index (χ2v) is 2.52. The van der Waals surface area contributed by atoms with Gasteiger partial charge in [0.1, 0.15) is 0 Å². The minimum atomic E-state index is 0.689. The molecule has 0 aliphatic heterocycles. The molecule has 1 rings (SSSR count). The standard InChI is InChI=1S/C5H7N2P/c6-4-2-1-3-8-5(4)7/h1-3H,6-7H2. The van der Waals surface area contributed by atoms with E-state index < -0.39 is 0 Å². The fourth-order valence-electron chi connectivity index (χ4n) is 0.430. The molecule has 0 saturated heterocycles. The molecular formula is C5H7N2P. The maximum atomic E-state index is 5.44. The quantitative estimate of drug-likeness (QED) is 0.552. The smallest absolute Gasteiger partial charge is 0.0823 e. The molecule has 2 nitrogen and oxygen atoms in total. The van der Waals surface area contributed by atoms with Crippen LogP contribution in [0.4, 0.5) is 11.1 Å². The van der Waals surface area contributed by atoms with Gasteiger partial charge >= 0.3 is 0 Å². The summed E-state index contributed by atoms with van der Waals surface area (Å²) in [6.45, 7) is 0. The van der Waals surface area contributed by atoms with Gasteiger partial charge in [0.2, 0.25) is 0 Å². The number of anilines is 2. The van der Waals surface area contributed by atoms with E-state index in [0.717, 1.165) is 13.6 Å². The van der Waals surface area contributed by atoms with Crippen LogP contribution < -0.4 is 11.5 Å². The zero-order chi connectivity index (χ0) is 5.98. The topological polar surface area (TPSA) is 52.0 Å². The Morgan fingerprint density at radius 3 is 2.50 bits per heavy atom. The lowest BCUT2D eigenvalue weighted by molar-refractivity contribution is 1.78. The summed E-state index contributed by atoms with van der Waals surface area (Å²) in [6, 6.07) is 3.69. The molecular weight excluding hydrogens is 119 g/mol. The second-order valence-electron chi connectivity index (χ2n) is 1.48. The Hall–Kier alpha value is -0.750. The van der Waals surface area contributed by atoms with Gasteiger partial charge in [-0.15, -0.1) is 0 Å². The van der Waals surface area contributed by atoms with Crippen LogP contribution in [0.1, 0.15) is 0 Å². The largest absolute Gasteiger partial charge is 0.397 e. The van der Waals surface area contributed by atoms with Crippen LogP contribution in [0.5, 0.6) is 0 Å². The van der Waals surface area contributed by atoms with Crippen molar-refractivity contribution in [2.45, 2.75) is 0 Å². The first-order valence-corrected chi connectivity index (χ1v) is 3.23. The van der Waals surface area contributed by atoms with Crippen molar-refractivity contribution in [1.82, 2.24) is 0 Å². The lowest BCUT2D eigenvalue weighted by atomic mass is 10.5. The molecule has 1 aromatic heterocycles. The maximum absolute atomic E-state index is 5.44. The highest BCUT2D eigenvalue weighted by atomic mass is 31.0. The lowest BCUT2D eigenvalue weighted by Crippen LogP contribution is -1.89. The summed E-state index contributed by atoms with van der Waals surface area (Å²) in [4.78, 5) is 0. The molecule has 0 atom stereocenters. The van der Waals surface area contributed by atoms with Gasteiger partial charge in [-0.05, 0) is 20.1 Å². The molecule has 0 bridgehead atoms. The Bertz CT molecular complexity index is 167. The average Bonchev–Trinajstić information content (AvgIpc) is 1.77. The second kappa shape index (κ2) is 2.01. The van der Waals surface area contributed by atoms with E-state index in [1.165, 1.54) is 0 Å². The van der Waals surface area contributed by atoms with Crippen LogP contribution in [-0.4, -0.2) is 0 Å². The highest BCUT2D eigenvalue weighted by Gasteiger charge is 1.86. The average molecular weight is 126 g/mol. The molecule has 0 aliphatic rings. The summed E-state index contributed by atoms with van der Waals surface area (Å²) < 4.78 is 0. The molecule has 0 radical (unpaired) electrons. The minimum Gasteiger partial charge on any atom is -0.397 e. The van der Waals surface area contributed by atoms with Crippen LogP contribution in [-0.2, 0) is 0 Å². The summed E-state index contributed by atoms with van der Waals surface area (Å²) in [7, 11) is 1.01. The van der Waals surface area contributed by atoms with Crippen molar-refractivity contribution in [3.8, 4) is 0 Å². The van der Waals surface area contributed by atoms with Gasteiger partial charge in [-0.2, -0.15) is 0 Å². The minimum absolute atomic E-state index is 0.689. The number of hydrogen-bond donors (Lipinski definition) is 2. The van der Waals surface area contributed by atoms with Crippen molar-refractivity contribution < 1.29 is 0 Å². The van der Waals surface area contributed by atoms with Crippen molar-refractivity contribution in [3.63, 3.8) is 0 Å². The Kier molecular flexibility index (Phi) is 1.36. The molecule has 0 unspecified atom stereocenters. The highest BCUT2D eigenvalue weighted by molar-refractivity contribution is 7.33. The summed E-state index contributed by atoms with van der Waals surface area (Å²) in [5.41, 5.74) is 12.3. The zero-order valence-corrected chi connectivity index (χ0v) is 5.23. The van der Waals surface area contributed by atoms with E-state index in [0.29, 0.717) is 5.69 Å². The van der Waals surface area contributed by atoms with Gasteiger partial charge in [-0.1, -0.05) is 6.07 Å². The van der Waals surface area contributed by atoms with Gasteiger partial charge in [-0.3, -0.25) is 0 Å². The lowest BCUT2D eigenvalue weighted by Gasteiger charge is -1.93. The van der Waals surface area contributed by atoms with Gasteiger partial charge < -0.3 is 11.5 Å². The Morgan fingerprint density at radius 1 is 1.38 bits per heavy atom. The van der Waals surface area contributed by atoms with Crippen LogP contribution in [0.25, 0.3) is 0 Å². The third-order valence-electron chi connectivity index (χ3n) is 0.871. The molecule has 8 heavy (non-hydrogen) atoms. The van der Waals surface area contributed by atoms with Crippen LogP contribution >= 0.6 is 8.19 Å². The molecule has 3 heteroatoms. The molecule has 0 saturated carbocycles. The summed E-state index contributed by atoms with van der Waals surface area (Å²) in [6.07, 6.45) is 0. The summed E-state index contributed by atoms with van der Waals surface area (Å²) in [5.74, 6) is 1.95. The molecule has 0 fully saturated rings. The van der Waals surface area contributed by atoms with E-state index in [9.17, 15) is 0 Å². The monoisotopic (exact) mass is 126 g/mol. The van der Waals surface area contributed by atoms with Gasteiger partial charge in [0.05, 0.1) is 11.1 Å². The van der Waals surface area contributed by atoms with E-state index >= 15 is 0 Å². The number of rotatable bonds is 0. The Morgan fingerprint density at radius 2 is 2.12 bits per heavy atom. The molecule has 0 spiro atoms. The van der Waals surface area contributed by atoms with Gasteiger partial charge in [0.25, 0.3) is 0 Å². The molecule has 1 heterocycles. The number of nitrogens with two attached hydrogens (primary N) is 2. The van der Waals surface area contributed by atoms with Crippen LogP contribution in [0.3, 0.4) is 0 Å². The van der Waals surface area contributed by atoms with E-state index in [4.69, 9.17) is 11.5 Å². The third-order valence-corrected chi connectivity index (χ3v) is 1.73. The van der Waals surface area contributed by atoms with Crippen molar-refractivity contribution in [2.24, 2.45) is 0 Å². The molecule has 0 amide bonds. The predicted octanol–water partition coefficient (Wildman–Crippen LogP) is 1.43. The molecule has 42 valence electrons. The molecule has 1 aromatic rings. The number of nitrogen functional groups attached to an aromatic ring is 2. The van der Waals surface area contributed by atoms with Crippen LogP contribution in [0.15, 0.2) is 17.9 Å².